The van der Waals surface area contributed by atoms with Crippen molar-refractivity contribution in [3.63, 3.8) is 0 Å². The first kappa shape index (κ1) is 36.8. The van der Waals surface area contributed by atoms with Gasteiger partial charge in [-0.25, -0.2) is 4.79 Å². The van der Waals surface area contributed by atoms with Gasteiger partial charge in [0.2, 0.25) is 17.7 Å². The summed E-state index contributed by atoms with van der Waals surface area (Å²) < 4.78 is 31.7. The highest BCUT2D eigenvalue weighted by atomic mass is 19.4. The lowest BCUT2D eigenvalue weighted by Gasteiger charge is -2.26. The smallest absolute Gasteiger partial charge is 0.475 e. The second-order valence-corrected chi connectivity index (χ2v) is 12.2. The normalized spacial score (nSPS) is 18.7. The van der Waals surface area contributed by atoms with Crippen LogP contribution in [0.3, 0.4) is 0 Å². The van der Waals surface area contributed by atoms with E-state index in [1.165, 1.54) is 0 Å². The third-order valence-electron chi connectivity index (χ3n) is 8.57. The molecular weight excluding hydrogens is 643 g/mol. The minimum absolute atomic E-state index is 0.104. The number of halogens is 3. The number of carbonyl (C=O) groups excluding carboxylic acids is 4. The van der Waals surface area contributed by atoms with E-state index in [2.05, 4.69) is 26.6 Å². The maximum Gasteiger partial charge on any atom is 0.490 e. The molecule has 2 aliphatic rings. The number of hydrogen-bond acceptors (Lipinski definition) is 6. The quantitative estimate of drug-likeness (QED) is 0.195. The summed E-state index contributed by atoms with van der Waals surface area (Å²) in [6.07, 6.45) is -1.60. The SMILES string of the molecule is Cc1ccc(NC(=O)[C@H](C[C@@H]2CCNC2=O)NC(=O)[C@H]2CCCCN2)cc1C(=O)N[C@H](C)c1cccc2ccccc12.O=C(O)C(F)(F)F. The van der Waals surface area contributed by atoms with Crippen molar-refractivity contribution in [2.24, 2.45) is 5.92 Å². The molecule has 2 saturated heterocycles. The van der Waals surface area contributed by atoms with Gasteiger partial charge in [-0.1, -0.05) is 55.0 Å². The van der Waals surface area contributed by atoms with E-state index in [-0.39, 0.29) is 42.1 Å². The molecule has 0 saturated carbocycles. The summed E-state index contributed by atoms with van der Waals surface area (Å²) in [4.78, 5) is 61.1. The number of fused-ring (bicyclic) bond motifs is 1. The highest BCUT2D eigenvalue weighted by molar-refractivity contribution is 6.01. The number of rotatable bonds is 9. The molecule has 4 amide bonds. The molecule has 3 aromatic rings. The zero-order valence-electron chi connectivity index (χ0n) is 27.2. The van der Waals surface area contributed by atoms with Crippen molar-refractivity contribution >= 4 is 46.1 Å². The van der Waals surface area contributed by atoms with E-state index < -0.39 is 24.1 Å². The second kappa shape index (κ2) is 16.4. The van der Waals surface area contributed by atoms with Crippen LogP contribution in [0.2, 0.25) is 0 Å². The summed E-state index contributed by atoms with van der Waals surface area (Å²) in [7, 11) is 0. The van der Waals surface area contributed by atoms with E-state index in [1.54, 1.807) is 18.2 Å². The zero-order valence-corrected chi connectivity index (χ0v) is 27.2. The fraction of sp³-hybridized carbons (Fsp3) is 0.400. The summed E-state index contributed by atoms with van der Waals surface area (Å²) in [6.45, 7) is 5.12. The van der Waals surface area contributed by atoms with Crippen LogP contribution in [0.4, 0.5) is 18.9 Å². The van der Waals surface area contributed by atoms with Crippen molar-refractivity contribution in [3.05, 3.63) is 77.4 Å². The van der Waals surface area contributed by atoms with Gasteiger partial charge in [0.05, 0.1) is 12.1 Å². The summed E-state index contributed by atoms with van der Waals surface area (Å²) in [5.41, 5.74) is 2.68. The summed E-state index contributed by atoms with van der Waals surface area (Å²) in [5.74, 6) is -4.12. The molecule has 0 aromatic heterocycles. The number of carboxylic acids is 1. The summed E-state index contributed by atoms with van der Waals surface area (Å²) in [5, 5.41) is 24.2. The number of amides is 4. The highest BCUT2D eigenvalue weighted by Crippen LogP contribution is 2.25. The van der Waals surface area contributed by atoms with E-state index in [9.17, 15) is 32.3 Å². The number of carboxylic acid groups (broad SMARTS) is 1. The topological polar surface area (TPSA) is 166 Å². The second-order valence-electron chi connectivity index (χ2n) is 12.2. The molecule has 0 spiro atoms. The molecule has 6 N–H and O–H groups in total. The van der Waals surface area contributed by atoms with Gasteiger partial charge in [-0.05, 0) is 80.1 Å². The Hall–Kier alpha value is -4.98. The van der Waals surface area contributed by atoms with Crippen LogP contribution in [0, 0.1) is 12.8 Å². The minimum atomic E-state index is -5.08. The van der Waals surface area contributed by atoms with E-state index >= 15 is 0 Å². The Bertz CT molecular complexity index is 1690. The standard InChI is InChI=1S/C33H39N5O4.C2HF3O2/c1-20-13-14-24(19-27(20)31(40)36-21(2)25-11-7-9-22-8-3-4-10-26(22)25)37-33(42)29(18-23-15-17-35-30(23)39)38-32(41)28-12-5-6-16-34-28;3-2(4,5)1(6)7/h3-4,7-11,13-14,19,21,23,28-29,34H,5-6,12,15-18H2,1-2H3,(H,35,39)(H,36,40)(H,37,42)(H,38,41);(H,6,7)/t21-,23+,28-,29+;/m1./s1. The Labute approximate surface area is 281 Å². The largest absolute Gasteiger partial charge is 0.490 e. The molecule has 0 bridgehead atoms. The van der Waals surface area contributed by atoms with Gasteiger partial charge in [0.25, 0.3) is 5.91 Å². The van der Waals surface area contributed by atoms with Crippen LogP contribution in [-0.4, -0.2) is 66.1 Å². The minimum Gasteiger partial charge on any atom is -0.475 e. The molecule has 2 aliphatic heterocycles. The fourth-order valence-corrected chi connectivity index (χ4v) is 5.89. The number of anilines is 1. The lowest BCUT2D eigenvalue weighted by atomic mass is 9.96. The van der Waals surface area contributed by atoms with Crippen molar-refractivity contribution in [2.45, 2.75) is 70.3 Å². The molecule has 0 aliphatic carbocycles. The van der Waals surface area contributed by atoms with Gasteiger partial charge >= 0.3 is 12.1 Å². The Morgan fingerprint density at radius 2 is 1.67 bits per heavy atom. The molecule has 5 rings (SSSR count). The van der Waals surface area contributed by atoms with Crippen molar-refractivity contribution < 1.29 is 42.3 Å². The predicted molar refractivity (Wildman–Crippen MR) is 177 cm³/mol. The van der Waals surface area contributed by atoms with Gasteiger partial charge in [0, 0.05) is 23.7 Å². The molecule has 49 heavy (non-hydrogen) atoms. The molecular formula is C35H40F3N5O6. The van der Waals surface area contributed by atoms with Gasteiger partial charge in [-0.2, -0.15) is 13.2 Å². The lowest BCUT2D eigenvalue weighted by molar-refractivity contribution is -0.192. The first-order chi connectivity index (χ1) is 23.2. The van der Waals surface area contributed by atoms with Crippen LogP contribution in [0.5, 0.6) is 0 Å². The number of aryl methyl sites for hydroxylation is 1. The van der Waals surface area contributed by atoms with Crippen LogP contribution in [0.25, 0.3) is 10.8 Å². The third kappa shape index (κ3) is 10.0. The maximum atomic E-state index is 13.5. The van der Waals surface area contributed by atoms with Gasteiger partial charge < -0.3 is 31.7 Å². The molecule has 0 unspecified atom stereocenters. The van der Waals surface area contributed by atoms with Crippen molar-refractivity contribution in [3.8, 4) is 0 Å². The summed E-state index contributed by atoms with van der Waals surface area (Å²) in [6, 6.07) is 17.8. The predicted octanol–water partition coefficient (Wildman–Crippen LogP) is 4.36. The molecule has 11 nitrogen and oxygen atoms in total. The molecule has 2 fully saturated rings. The molecule has 262 valence electrons. The van der Waals surface area contributed by atoms with E-state index in [1.807, 2.05) is 56.3 Å². The maximum absolute atomic E-state index is 13.5. The molecule has 14 heteroatoms. The molecule has 4 atom stereocenters. The lowest BCUT2D eigenvalue weighted by Crippen LogP contribution is -2.53. The zero-order chi connectivity index (χ0) is 35.7. The van der Waals surface area contributed by atoms with Crippen LogP contribution in [0.1, 0.15) is 66.6 Å². The van der Waals surface area contributed by atoms with Gasteiger partial charge in [-0.3, -0.25) is 19.2 Å². The number of hydrogen-bond donors (Lipinski definition) is 6. The average Bonchev–Trinajstić information content (AvgIpc) is 3.48. The van der Waals surface area contributed by atoms with Crippen molar-refractivity contribution in [1.82, 2.24) is 21.3 Å². The number of piperidine rings is 1. The van der Waals surface area contributed by atoms with Crippen molar-refractivity contribution in [2.75, 3.05) is 18.4 Å². The van der Waals surface area contributed by atoms with E-state index in [0.717, 1.165) is 41.3 Å². The monoisotopic (exact) mass is 683 g/mol. The van der Waals surface area contributed by atoms with Gasteiger partial charge in [0.15, 0.2) is 0 Å². The summed E-state index contributed by atoms with van der Waals surface area (Å²) >= 11 is 0. The van der Waals surface area contributed by atoms with E-state index in [4.69, 9.17) is 9.90 Å². The van der Waals surface area contributed by atoms with Gasteiger partial charge in [-0.15, -0.1) is 0 Å². The van der Waals surface area contributed by atoms with E-state index in [0.29, 0.717) is 30.6 Å². The molecule has 2 heterocycles. The first-order valence-electron chi connectivity index (χ1n) is 16.1. The Balaban J connectivity index is 0.000000698. The molecule has 3 aromatic carbocycles. The number of nitrogens with one attached hydrogen (secondary N) is 5. The Morgan fingerprint density at radius 3 is 2.33 bits per heavy atom. The average molecular weight is 684 g/mol. The fourth-order valence-electron chi connectivity index (χ4n) is 5.89. The number of alkyl halides is 3. The van der Waals surface area contributed by atoms with Crippen LogP contribution in [-0.2, 0) is 19.2 Å². The van der Waals surface area contributed by atoms with Gasteiger partial charge in [0.1, 0.15) is 6.04 Å². The number of carbonyl (C=O) groups is 5. The third-order valence-corrected chi connectivity index (χ3v) is 8.57. The Kier molecular flexibility index (Phi) is 12.3. The van der Waals surface area contributed by atoms with Crippen LogP contribution in [0.15, 0.2) is 60.7 Å². The Morgan fingerprint density at radius 1 is 0.959 bits per heavy atom. The number of aliphatic carboxylic acids is 1. The molecule has 0 radical (unpaired) electrons. The first-order valence-corrected chi connectivity index (χ1v) is 16.1. The van der Waals surface area contributed by atoms with Crippen molar-refractivity contribution in [1.29, 1.82) is 0 Å². The van der Waals surface area contributed by atoms with Crippen LogP contribution >= 0.6 is 0 Å². The number of benzene rings is 3. The van der Waals surface area contributed by atoms with Crippen LogP contribution < -0.4 is 26.6 Å². The highest BCUT2D eigenvalue weighted by Gasteiger charge is 2.38.